The monoisotopic (exact) mass is 397 g/mol. The van der Waals surface area contributed by atoms with Gasteiger partial charge in [0.15, 0.2) is 11.0 Å². The van der Waals surface area contributed by atoms with Crippen LogP contribution in [0.2, 0.25) is 5.15 Å². The summed E-state index contributed by atoms with van der Waals surface area (Å²) in [6, 6.07) is 5.76. The minimum absolute atomic E-state index is 0.0788. The van der Waals surface area contributed by atoms with E-state index in [1.807, 2.05) is 25.1 Å². The molecule has 0 aliphatic heterocycles. The number of nitrogens with zero attached hydrogens (tertiary/aromatic N) is 2. The highest BCUT2D eigenvalue weighted by Crippen LogP contribution is 2.25. The predicted octanol–water partition coefficient (Wildman–Crippen LogP) is 3.68. The van der Waals surface area contributed by atoms with Crippen molar-refractivity contribution in [3.63, 3.8) is 0 Å². The largest absolute Gasteiger partial charge is 0.383 e. The summed E-state index contributed by atoms with van der Waals surface area (Å²) in [7, 11) is 1.73. The zero-order valence-corrected chi connectivity index (χ0v) is 15.1. The second-order valence-electron chi connectivity index (χ2n) is 4.82. The molecule has 0 bridgehead atoms. The number of rotatable bonds is 6. The second-order valence-corrected chi connectivity index (χ2v) is 6.10. The quantitative estimate of drug-likeness (QED) is 0.647. The van der Waals surface area contributed by atoms with E-state index in [0.29, 0.717) is 29.6 Å². The number of halogens is 2. The van der Waals surface area contributed by atoms with Gasteiger partial charge in [-0.3, -0.25) is 4.79 Å². The smallest absolute Gasteiger partial charge is 0.226 e. The second kappa shape index (κ2) is 8.12. The Labute approximate surface area is 148 Å². The molecule has 0 radical (unpaired) electrons. The summed E-state index contributed by atoms with van der Waals surface area (Å²) >= 11 is 9.37. The third-order valence-electron chi connectivity index (χ3n) is 3.17. The van der Waals surface area contributed by atoms with Crippen molar-refractivity contribution < 1.29 is 4.79 Å². The Bertz CT molecular complexity index is 710. The van der Waals surface area contributed by atoms with Gasteiger partial charge < -0.3 is 16.0 Å². The van der Waals surface area contributed by atoms with Crippen LogP contribution in [0.1, 0.15) is 12.0 Å². The highest BCUT2D eigenvalue weighted by molar-refractivity contribution is 9.10. The van der Waals surface area contributed by atoms with E-state index in [-0.39, 0.29) is 5.91 Å². The molecular weight excluding hydrogens is 382 g/mol. The molecule has 122 valence electrons. The Balaban J connectivity index is 1.90. The van der Waals surface area contributed by atoms with Crippen LogP contribution in [0.25, 0.3) is 0 Å². The van der Waals surface area contributed by atoms with Gasteiger partial charge in [0, 0.05) is 30.2 Å². The Morgan fingerprint density at radius 3 is 2.87 bits per heavy atom. The zero-order valence-electron chi connectivity index (χ0n) is 12.8. The Kier molecular flexibility index (Phi) is 6.18. The van der Waals surface area contributed by atoms with E-state index in [9.17, 15) is 4.79 Å². The van der Waals surface area contributed by atoms with Gasteiger partial charge in [0.1, 0.15) is 12.0 Å². The molecule has 8 heteroatoms. The number of amides is 1. The molecule has 1 aromatic carbocycles. The van der Waals surface area contributed by atoms with Crippen molar-refractivity contribution in [3.05, 3.63) is 39.7 Å². The van der Waals surface area contributed by atoms with E-state index in [1.54, 1.807) is 7.05 Å². The number of benzene rings is 1. The third-order valence-corrected chi connectivity index (χ3v) is 3.95. The van der Waals surface area contributed by atoms with Crippen molar-refractivity contribution in [2.75, 3.05) is 29.5 Å². The number of aromatic nitrogens is 2. The molecule has 2 aromatic rings. The molecule has 0 saturated heterocycles. The standard InChI is InChI=1S/C15H17BrClN5O/c1-9-3-4-10(16)7-11(9)22-12(23)5-6-19-15-13(18-2)14(17)20-8-21-15/h3-4,7-8,18H,5-6H2,1-2H3,(H,22,23)(H,19,20,21). The van der Waals surface area contributed by atoms with Gasteiger partial charge in [-0.15, -0.1) is 0 Å². The molecular formula is C15H17BrClN5O. The fourth-order valence-electron chi connectivity index (χ4n) is 1.96. The highest BCUT2D eigenvalue weighted by Gasteiger charge is 2.09. The fraction of sp³-hybridized carbons (Fsp3) is 0.267. The minimum atomic E-state index is -0.0788. The van der Waals surface area contributed by atoms with E-state index in [1.165, 1.54) is 6.33 Å². The first-order valence-electron chi connectivity index (χ1n) is 6.99. The summed E-state index contributed by atoms with van der Waals surface area (Å²) in [5.41, 5.74) is 2.41. The molecule has 1 heterocycles. The molecule has 0 fully saturated rings. The summed E-state index contributed by atoms with van der Waals surface area (Å²) in [4.78, 5) is 20.1. The molecule has 23 heavy (non-hydrogen) atoms. The fourth-order valence-corrected chi connectivity index (χ4v) is 2.54. The van der Waals surface area contributed by atoms with Gasteiger partial charge in [0.2, 0.25) is 5.91 Å². The Hall–Kier alpha value is -1.86. The van der Waals surface area contributed by atoms with Gasteiger partial charge in [0.05, 0.1) is 0 Å². The molecule has 6 nitrogen and oxygen atoms in total. The van der Waals surface area contributed by atoms with Crippen molar-refractivity contribution in [3.8, 4) is 0 Å². The lowest BCUT2D eigenvalue weighted by molar-refractivity contribution is -0.115. The first-order chi connectivity index (χ1) is 11.0. The average Bonchev–Trinajstić information content (AvgIpc) is 2.51. The Morgan fingerprint density at radius 1 is 1.35 bits per heavy atom. The van der Waals surface area contributed by atoms with E-state index < -0.39 is 0 Å². The van der Waals surface area contributed by atoms with Crippen LogP contribution in [0, 0.1) is 6.92 Å². The maximum absolute atomic E-state index is 12.0. The maximum Gasteiger partial charge on any atom is 0.226 e. The number of anilines is 3. The van der Waals surface area contributed by atoms with Crippen LogP contribution >= 0.6 is 27.5 Å². The lowest BCUT2D eigenvalue weighted by Gasteiger charge is -2.12. The Morgan fingerprint density at radius 2 is 2.13 bits per heavy atom. The first-order valence-corrected chi connectivity index (χ1v) is 8.16. The van der Waals surface area contributed by atoms with E-state index in [4.69, 9.17) is 11.6 Å². The molecule has 0 aliphatic carbocycles. The van der Waals surface area contributed by atoms with E-state index in [2.05, 4.69) is 41.8 Å². The lowest BCUT2D eigenvalue weighted by Crippen LogP contribution is -2.17. The molecule has 1 aromatic heterocycles. The first kappa shape index (κ1) is 17.5. The number of nitrogens with one attached hydrogen (secondary N) is 3. The molecule has 0 atom stereocenters. The number of hydrogen-bond donors (Lipinski definition) is 3. The highest BCUT2D eigenvalue weighted by atomic mass is 79.9. The molecule has 0 unspecified atom stereocenters. The van der Waals surface area contributed by atoms with Crippen LogP contribution in [0.5, 0.6) is 0 Å². The lowest BCUT2D eigenvalue weighted by atomic mass is 10.2. The van der Waals surface area contributed by atoms with Crippen molar-refractivity contribution >= 4 is 50.6 Å². The summed E-state index contributed by atoms with van der Waals surface area (Å²) in [5.74, 6) is 0.490. The van der Waals surface area contributed by atoms with Crippen LogP contribution in [0.15, 0.2) is 29.0 Å². The van der Waals surface area contributed by atoms with Crippen molar-refractivity contribution in [1.29, 1.82) is 0 Å². The van der Waals surface area contributed by atoms with Crippen LogP contribution in [-0.2, 0) is 4.79 Å². The SMILES string of the molecule is CNc1c(Cl)ncnc1NCCC(=O)Nc1cc(Br)ccc1C. The molecule has 3 N–H and O–H groups in total. The number of aryl methyl sites for hydroxylation is 1. The summed E-state index contributed by atoms with van der Waals surface area (Å²) in [6.45, 7) is 2.38. The zero-order chi connectivity index (χ0) is 16.8. The van der Waals surface area contributed by atoms with Crippen LogP contribution < -0.4 is 16.0 Å². The van der Waals surface area contributed by atoms with Crippen LogP contribution in [-0.4, -0.2) is 29.5 Å². The molecule has 0 saturated carbocycles. The van der Waals surface area contributed by atoms with Crippen molar-refractivity contribution in [1.82, 2.24) is 9.97 Å². The van der Waals surface area contributed by atoms with Crippen LogP contribution in [0.3, 0.4) is 0 Å². The van der Waals surface area contributed by atoms with Gasteiger partial charge in [-0.2, -0.15) is 0 Å². The summed E-state index contributed by atoms with van der Waals surface area (Å²) in [6.07, 6.45) is 1.67. The summed E-state index contributed by atoms with van der Waals surface area (Å²) in [5, 5.41) is 9.24. The van der Waals surface area contributed by atoms with E-state index >= 15 is 0 Å². The molecule has 1 amide bonds. The maximum atomic E-state index is 12.0. The van der Waals surface area contributed by atoms with Gasteiger partial charge in [-0.05, 0) is 24.6 Å². The van der Waals surface area contributed by atoms with Crippen LogP contribution in [0.4, 0.5) is 17.2 Å². The number of carbonyl (C=O) groups is 1. The van der Waals surface area contributed by atoms with Gasteiger partial charge in [-0.25, -0.2) is 9.97 Å². The normalized spacial score (nSPS) is 10.3. The van der Waals surface area contributed by atoms with Gasteiger partial charge >= 0.3 is 0 Å². The summed E-state index contributed by atoms with van der Waals surface area (Å²) < 4.78 is 0.922. The van der Waals surface area contributed by atoms with Crippen molar-refractivity contribution in [2.24, 2.45) is 0 Å². The molecule has 0 spiro atoms. The predicted molar refractivity (Wildman–Crippen MR) is 97.2 cm³/mol. The van der Waals surface area contributed by atoms with E-state index in [0.717, 1.165) is 15.7 Å². The molecule has 2 rings (SSSR count). The topological polar surface area (TPSA) is 78.9 Å². The minimum Gasteiger partial charge on any atom is -0.383 e. The van der Waals surface area contributed by atoms with Gasteiger partial charge in [-0.1, -0.05) is 33.6 Å². The average molecular weight is 399 g/mol. The van der Waals surface area contributed by atoms with Gasteiger partial charge in [0.25, 0.3) is 0 Å². The molecule has 0 aliphatic rings. The number of hydrogen-bond acceptors (Lipinski definition) is 5. The van der Waals surface area contributed by atoms with Crippen molar-refractivity contribution in [2.45, 2.75) is 13.3 Å². The third kappa shape index (κ3) is 4.80. The number of carbonyl (C=O) groups excluding carboxylic acids is 1.